The Morgan fingerprint density at radius 3 is 3.07 bits per heavy atom. The van der Waals surface area contributed by atoms with Gasteiger partial charge in [0.2, 0.25) is 0 Å². The van der Waals surface area contributed by atoms with Crippen molar-refractivity contribution in [3.63, 3.8) is 0 Å². The number of methoxy groups -OCH3 is 1. The van der Waals surface area contributed by atoms with Crippen LogP contribution in [0.3, 0.4) is 0 Å². The second-order valence-corrected chi connectivity index (χ2v) is 3.97. The highest BCUT2D eigenvalue weighted by molar-refractivity contribution is 5.31. The van der Waals surface area contributed by atoms with Crippen LogP contribution in [0.25, 0.3) is 0 Å². The smallest absolute Gasteiger partial charge is 0.123 e. The summed E-state index contributed by atoms with van der Waals surface area (Å²) in [6.45, 7) is 2.53. The van der Waals surface area contributed by atoms with Crippen molar-refractivity contribution in [3.05, 3.63) is 35.1 Å². The van der Waals surface area contributed by atoms with Gasteiger partial charge in [-0.25, -0.2) is 4.39 Å². The lowest BCUT2D eigenvalue weighted by molar-refractivity contribution is 0.183. The maximum atomic E-state index is 13.1. The summed E-state index contributed by atoms with van der Waals surface area (Å²) in [6.07, 6.45) is 1.13. The van der Waals surface area contributed by atoms with Crippen molar-refractivity contribution in [1.29, 1.82) is 0 Å². The van der Waals surface area contributed by atoms with Crippen LogP contribution in [-0.4, -0.2) is 20.2 Å². The third-order valence-electron chi connectivity index (χ3n) is 2.90. The molecule has 1 unspecified atom stereocenters. The van der Waals surface area contributed by atoms with E-state index >= 15 is 0 Å². The van der Waals surface area contributed by atoms with Gasteiger partial charge in [-0.15, -0.1) is 0 Å². The third-order valence-corrected chi connectivity index (χ3v) is 2.90. The van der Waals surface area contributed by atoms with Crippen molar-refractivity contribution >= 4 is 0 Å². The Hall–Kier alpha value is -0.930. The van der Waals surface area contributed by atoms with E-state index < -0.39 is 0 Å². The largest absolute Gasteiger partial charge is 0.380 e. The predicted molar refractivity (Wildman–Crippen MR) is 57.3 cm³/mol. The second-order valence-electron chi connectivity index (χ2n) is 3.97. The van der Waals surface area contributed by atoms with Gasteiger partial charge in [-0.3, -0.25) is 0 Å². The Bertz CT molecular complexity index is 334. The van der Waals surface area contributed by atoms with Crippen LogP contribution in [0, 0.1) is 5.82 Å². The zero-order chi connectivity index (χ0) is 10.7. The number of rotatable bonds is 3. The Morgan fingerprint density at radius 1 is 1.53 bits per heavy atom. The zero-order valence-electron chi connectivity index (χ0n) is 8.92. The zero-order valence-corrected chi connectivity index (χ0v) is 8.92. The molecule has 0 aromatic heterocycles. The first-order valence-corrected chi connectivity index (χ1v) is 5.29. The van der Waals surface area contributed by atoms with Crippen molar-refractivity contribution in [2.45, 2.75) is 18.9 Å². The van der Waals surface area contributed by atoms with Gasteiger partial charge in [0.15, 0.2) is 0 Å². The number of halogens is 1. The fourth-order valence-corrected chi connectivity index (χ4v) is 2.17. The topological polar surface area (TPSA) is 21.3 Å². The normalized spacial score (nSPS) is 20.8. The van der Waals surface area contributed by atoms with Crippen molar-refractivity contribution in [1.82, 2.24) is 5.32 Å². The summed E-state index contributed by atoms with van der Waals surface area (Å²) in [5.41, 5.74) is 2.20. The van der Waals surface area contributed by atoms with Crippen molar-refractivity contribution < 1.29 is 9.13 Å². The van der Waals surface area contributed by atoms with Crippen LogP contribution in [0.2, 0.25) is 0 Å². The van der Waals surface area contributed by atoms with Gasteiger partial charge in [-0.05, 0) is 42.1 Å². The molecule has 82 valence electrons. The van der Waals surface area contributed by atoms with Crippen molar-refractivity contribution in [3.8, 4) is 0 Å². The molecule has 0 radical (unpaired) electrons. The molecule has 0 aliphatic carbocycles. The lowest BCUT2D eigenvalue weighted by Crippen LogP contribution is -2.09. The molecule has 15 heavy (non-hydrogen) atoms. The molecular weight excluding hydrogens is 193 g/mol. The SMILES string of the molecule is COCc1cc(F)ccc1C1CCNC1. The molecule has 0 saturated carbocycles. The maximum Gasteiger partial charge on any atom is 0.123 e. The fourth-order valence-electron chi connectivity index (χ4n) is 2.17. The van der Waals surface area contributed by atoms with Crippen molar-refractivity contribution in [2.75, 3.05) is 20.2 Å². The first-order valence-electron chi connectivity index (χ1n) is 5.29. The number of nitrogens with one attached hydrogen (secondary N) is 1. The lowest BCUT2D eigenvalue weighted by Gasteiger charge is -2.14. The fraction of sp³-hybridized carbons (Fsp3) is 0.500. The summed E-state index contributed by atoms with van der Waals surface area (Å²) in [4.78, 5) is 0. The molecule has 1 N–H and O–H groups in total. The van der Waals surface area contributed by atoms with E-state index in [0.29, 0.717) is 12.5 Å². The van der Waals surface area contributed by atoms with Gasteiger partial charge in [-0.2, -0.15) is 0 Å². The Morgan fingerprint density at radius 2 is 2.40 bits per heavy atom. The van der Waals surface area contributed by atoms with E-state index in [9.17, 15) is 4.39 Å². The van der Waals surface area contributed by atoms with E-state index in [-0.39, 0.29) is 5.82 Å². The van der Waals surface area contributed by atoms with Crippen LogP contribution >= 0.6 is 0 Å². The third kappa shape index (κ3) is 2.36. The van der Waals surface area contributed by atoms with Gasteiger partial charge in [0.1, 0.15) is 5.82 Å². The van der Waals surface area contributed by atoms with E-state index in [0.717, 1.165) is 25.1 Å². The molecule has 1 heterocycles. The quantitative estimate of drug-likeness (QED) is 0.822. The van der Waals surface area contributed by atoms with Crippen LogP contribution in [0.1, 0.15) is 23.5 Å². The number of benzene rings is 1. The minimum Gasteiger partial charge on any atom is -0.380 e. The first-order chi connectivity index (χ1) is 7.31. The summed E-state index contributed by atoms with van der Waals surface area (Å²) in [5.74, 6) is 0.326. The minimum absolute atomic E-state index is 0.184. The minimum atomic E-state index is -0.184. The van der Waals surface area contributed by atoms with Gasteiger partial charge in [-0.1, -0.05) is 6.07 Å². The van der Waals surface area contributed by atoms with Crippen LogP contribution in [0.5, 0.6) is 0 Å². The molecule has 1 fully saturated rings. The molecule has 1 saturated heterocycles. The number of ether oxygens (including phenoxy) is 1. The molecule has 2 nitrogen and oxygen atoms in total. The summed E-state index contributed by atoms with van der Waals surface area (Å²) >= 11 is 0. The van der Waals surface area contributed by atoms with Gasteiger partial charge in [0.05, 0.1) is 6.61 Å². The van der Waals surface area contributed by atoms with Gasteiger partial charge in [0.25, 0.3) is 0 Å². The summed E-state index contributed by atoms with van der Waals surface area (Å²) in [7, 11) is 1.64. The average molecular weight is 209 g/mol. The highest BCUT2D eigenvalue weighted by Gasteiger charge is 2.19. The Balaban J connectivity index is 2.27. The standard InChI is InChI=1S/C12H16FNO/c1-15-8-10-6-11(13)2-3-12(10)9-4-5-14-7-9/h2-3,6,9,14H,4-5,7-8H2,1H3. The molecule has 0 spiro atoms. The van der Waals surface area contributed by atoms with E-state index in [1.807, 2.05) is 6.07 Å². The molecule has 1 aromatic carbocycles. The molecule has 1 atom stereocenters. The molecule has 0 bridgehead atoms. The predicted octanol–water partition coefficient (Wildman–Crippen LogP) is 2.05. The summed E-state index contributed by atoms with van der Waals surface area (Å²) in [5, 5.41) is 3.32. The highest BCUT2D eigenvalue weighted by atomic mass is 19.1. The number of hydrogen-bond acceptors (Lipinski definition) is 2. The van der Waals surface area contributed by atoms with Crippen molar-refractivity contribution in [2.24, 2.45) is 0 Å². The number of hydrogen-bond donors (Lipinski definition) is 1. The summed E-state index contributed by atoms with van der Waals surface area (Å²) < 4.78 is 18.2. The molecule has 1 aromatic rings. The van der Waals surface area contributed by atoms with E-state index in [1.54, 1.807) is 13.2 Å². The maximum absolute atomic E-state index is 13.1. The van der Waals surface area contributed by atoms with Crippen LogP contribution in [0.15, 0.2) is 18.2 Å². The summed E-state index contributed by atoms with van der Waals surface area (Å²) in [6, 6.07) is 5.01. The average Bonchev–Trinajstić information content (AvgIpc) is 2.71. The molecular formula is C12H16FNO. The highest BCUT2D eigenvalue weighted by Crippen LogP contribution is 2.26. The Labute approximate surface area is 89.4 Å². The molecule has 1 aliphatic heterocycles. The molecule has 2 rings (SSSR count). The van der Waals surface area contributed by atoms with E-state index in [2.05, 4.69) is 5.32 Å². The van der Waals surface area contributed by atoms with Gasteiger partial charge in [0, 0.05) is 13.7 Å². The van der Waals surface area contributed by atoms with Crippen LogP contribution in [0.4, 0.5) is 4.39 Å². The van der Waals surface area contributed by atoms with Crippen LogP contribution in [-0.2, 0) is 11.3 Å². The molecule has 3 heteroatoms. The monoisotopic (exact) mass is 209 g/mol. The Kier molecular flexibility index (Phi) is 3.34. The van der Waals surface area contributed by atoms with Gasteiger partial charge >= 0.3 is 0 Å². The van der Waals surface area contributed by atoms with Crippen LogP contribution < -0.4 is 5.32 Å². The first kappa shape index (κ1) is 10.6. The van der Waals surface area contributed by atoms with Gasteiger partial charge < -0.3 is 10.1 Å². The molecule has 1 aliphatic rings. The van der Waals surface area contributed by atoms with E-state index in [4.69, 9.17) is 4.74 Å². The molecule has 0 amide bonds. The lowest BCUT2D eigenvalue weighted by atomic mass is 9.94. The van der Waals surface area contributed by atoms with E-state index in [1.165, 1.54) is 11.6 Å². The second kappa shape index (κ2) is 4.73.